The van der Waals surface area contributed by atoms with Gasteiger partial charge in [-0.15, -0.1) is 0 Å². The van der Waals surface area contributed by atoms with Gasteiger partial charge in [-0.05, 0) is 35.9 Å². The zero-order valence-corrected chi connectivity index (χ0v) is 10.7. The molecule has 0 radical (unpaired) electrons. The summed E-state index contributed by atoms with van der Waals surface area (Å²) >= 11 is 5.85. The highest BCUT2D eigenvalue weighted by Crippen LogP contribution is 2.22. The van der Waals surface area contributed by atoms with E-state index in [0.717, 1.165) is 0 Å². The monoisotopic (exact) mass is 278 g/mol. The standard InChI is InChI=1S/C14H12ClFN2O/c15-12-8-11(4-5-13(12)17)18-14(19)7-9-2-1-3-10(16)6-9/h1-6,8H,7,17H2,(H,18,19). The molecule has 2 aromatic carbocycles. The van der Waals surface area contributed by atoms with Crippen molar-refractivity contribution in [2.24, 2.45) is 0 Å². The summed E-state index contributed by atoms with van der Waals surface area (Å²) < 4.78 is 13.0. The van der Waals surface area contributed by atoms with Crippen LogP contribution in [0.25, 0.3) is 0 Å². The minimum atomic E-state index is -0.360. The number of hydrogen-bond acceptors (Lipinski definition) is 2. The zero-order chi connectivity index (χ0) is 13.8. The molecule has 0 fully saturated rings. The van der Waals surface area contributed by atoms with Crippen molar-refractivity contribution in [2.45, 2.75) is 6.42 Å². The minimum Gasteiger partial charge on any atom is -0.398 e. The third-order valence-electron chi connectivity index (χ3n) is 2.54. The van der Waals surface area contributed by atoms with Crippen molar-refractivity contribution in [1.29, 1.82) is 0 Å². The van der Waals surface area contributed by atoms with E-state index in [1.807, 2.05) is 0 Å². The lowest BCUT2D eigenvalue weighted by molar-refractivity contribution is -0.115. The molecule has 0 aliphatic rings. The van der Waals surface area contributed by atoms with E-state index in [9.17, 15) is 9.18 Å². The molecule has 0 spiro atoms. The van der Waals surface area contributed by atoms with Gasteiger partial charge in [-0.3, -0.25) is 4.79 Å². The van der Waals surface area contributed by atoms with Gasteiger partial charge in [-0.2, -0.15) is 0 Å². The summed E-state index contributed by atoms with van der Waals surface area (Å²) in [5.74, 6) is -0.604. The first kappa shape index (κ1) is 13.4. The fourth-order valence-corrected chi connectivity index (χ4v) is 1.82. The summed E-state index contributed by atoms with van der Waals surface area (Å²) in [5.41, 5.74) is 7.19. The van der Waals surface area contributed by atoms with Crippen LogP contribution in [0, 0.1) is 5.82 Å². The molecule has 0 heterocycles. The quantitative estimate of drug-likeness (QED) is 0.847. The van der Waals surface area contributed by atoms with Crippen LogP contribution in [0.3, 0.4) is 0 Å². The summed E-state index contributed by atoms with van der Waals surface area (Å²) in [4.78, 5) is 11.8. The van der Waals surface area contributed by atoms with Crippen molar-refractivity contribution in [1.82, 2.24) is 0 Å². The molecule has 0 aliphatic carbocycles. The van der Waals surface area contributed by atoms with Crippen LogP contribution in [0.2, 0.25) is 5.02 Å². The molecule has 5 heteroatoms. The summed E-state index contributed by atoms with van der Waals surface area (Å²) in [5, 5.41) is 3.05. The van der Waals surface area contributed by atoms with E-state index in [2.05, 4.69) is 5.32 Å². The van der Waals surface area contributed by atoms with E-state index in [0.29, 0.717) is 22.0 Å². The number of halogens is 2. The smallest absolute Gasteiger partial charge is 0.228 e. The Balaban J connectivity index is 2.03. The maximum Gasteiger partial charge on any atom is 0.228 e. The first-order chi connectivity index (χ1) is 9.04. The number of hydrogen-bond donors (Lipinski definition) is 2. The Morgan fingerprint density at radius 2 is 2.05 bits per heavy atom. The lowest BCUT2D eigenvalue weighted by Crippen LogP contribution is -2.14. The summed E-state index contributed by atoms with van der Waals surface area (Å²) in [6.07, 6.45) is 0.0970. The van der Waals surface area contributed by atoms with Gasteiger partial charge >= 0.3 is 0 Å². The van der Waals surface area contributed by atoms with Crippen LogP contribution in [-0.2, 0) is 11.2 Å². The van der Waals surface area contributed by atoms with Gasteiger partial charge in [0.15, 0.2) is 0 Å². The molecule has 98 valence electrons. The Morgan fingerprint density at radius 3 is 2.74 bits per heavy atom. The van der Waals surface area contributed by atoms with E-state index in [4.69, 9.17) is 17.3 Å². The second-order valence-corrected chi connectivity index (χ2v) is 4.50. The van der Waals surface area contributed by atoms with Gasteiger partial charge in [-0.1, -0.05) is 23.7 Å². The SMILES string of the molecule is Nc1ccc(NC(=O)Cc2cccc(F)c2)cc1Cl. The second-order valence-electron chi connectivity index (χ2n) is 4.09. The van der Waals surface area contributed by atoms with Crippen LogP contribution in [0.4, 0.5) is 15.8 Å². The summed E-state index contributed by atoms with van der Waals surface area (Å²) in [7, 11) is 0. The highest BCUT2D eigenvalue weighted by molar-refractivity contribution is 6.33. The van der Waals surface area contributed by atoms with Gasteiger partial charge in [0.25, 0.3) is 0 Å². The largest absolute Gasteiger partial charge is 0.398 e. The number of nitrogens with one attached hydrogen (secondary N) is 1. The van der Waals surface area contributed by atoms with Crippen LogP contribution in [0.15, 0.2) is 42.5 Å². The van der Waals surface area contributed by atoms with Gasteiger partial charge < -0.3 is 11.1 Å². The third kappa shape index (κ3) is 3.69. The molecule has 0 saturated heterocycles. The number of carbonyl (C=O) groups is 1. The van der Waals surface area contributed by atoms with E-state index < -0.39 is 0 Å². The fraction of sp³-hybridized carbons (Fsp3) is 0.0714. The van der Waals surface area contributed by atoms with Gasteiger partial charge in [0, 0.05) is 5.69 Å². The first-order valence-corrected chi connectivity index (χ1v) is 6.02. The van der Waals surface area contributed by atoms with E-state index in [-0.39, 0.29) is 18.1 Å². The zero-order valence-electron chi connectivity index (χ0n) is 9.99. The van der Waals surface area contributed by atoms with Crippen molar-refractivity contribution in [2.75, 3.05) is 11.1 Å². The van der Waals surface area contributed by atoms with Crippen molar-refractivity contribution < 1.29 is 9.18 Å². The maximum atomic E-state index is 13.0. The number of carbonyl (C=O) groups excluding carboxylic acids is 1. The number of anilines is 2. The lowest BCUT2D eigenvalue weighted by Gasteiger charge is -2.07. The molecule has 0 aliphatic heterocycles. The molecule has 0 aromatic heterocycles. The number of nitrogen functional groups attached to an aromatic ring is 1. The van der Waals surface area contributed by atoms with Gasteiger partial charge in [0.1, 0.15) is 5.82 Å². The average molecular weight is 279 g/mol. The lowest BCUT2D eigenvalue weighted by atomic mass is 10.1. The Morgan fingerprint density at radius 1 is 1.26 bits per heavy atom. The topological polar surface area (TPSA) is 55.1 Å². The van der Waals surface area contributed by atoms with Crippen molar-refractivity contribution in [3.63, 3.8) is 0 Å². The third-order valence-corrected chi connectivity index (χ3v) is 2.87. The molecule has 3 N–H and O–H groups in total. The summed E-state index contributed by atoms with van der Waals surface area (Å²) in [6.45, 7) is 0. The van der Waals surface area contributed by atoms with E-state index in [1.165, 1.54) is 12.1 Å². The molecule has 3 nitrogen and oxygen atoms in total. The Labute approximate surface area is 115 Å². The number of amides is 1. The molecular formula is C14H12ClFN2O. The van der Waals surface area contributed by atoms with E-state index >= 15 is 0 Å². The predicted molar refractivity (Wildman–Crippen MR) is 74.6 cm³/mol. The predicted octanol–water partition coefficient (Wildman–Crippen LogP) is 3.24. The maximum absolute atomic E-state index is 13.0. The van der Waals surface area contributed by atoms with Crippen molar-refractivity contribution >= 4 is 28.9 Å². The van der Waals surface area contributed by atoms with Crippen LogP contribution in [0.1, 0.15) is 5.56 Å². The fourth-order valence-electron chi connectivity index (χ4n) is 1.64. The van der Waals surface area contributed by atoms with Gasteiger partial charge in [0.2, 0.25) is 5.91 Å². The average Bonchev–Trinajstić information content (AvgIpc) is 2.34. The number of benzene rings is 2. The highest BCUT2D eigenvalue weighted by atomic mass is 35.5. The molecule has 2 rings (SSSR count). The molecule has 0 unspecified atom stereocenters. The molecule has 1 amide bonds. The molecular weight excluding hydrogens is 267 g/mol. The Kier molecular flexibility index (Phi) is 4.02. The van der Waals surface area contributed by atoms with Crippen LogP contribution in [-0.4, -0.2) is 5.91 Å². The molecule has 0 saturated carbocycles. The molecule has 19 heavy (non-hydrogen) atoms. The number of rotatable bonds is 3. The van der Waals surface area contributed by atoms with Gasteiger partial charge in [0.05, 0.1) is 17.1 Å². The minimum absolute atomic E-state index is 0.0970. The van der Waals surface area contributed by atoms with Crippen LogP contribution in [0.5, 0.6) is 0 Å². The van der Waals surface area contributed by atoms with E-state index in [1.54, 1.807) is 30.3 Å². The van der Waals surface area contributed by atoms with Crippen molar-refractivity contribution in [3.8, 4) is 0 Å². The molecule has 2 aromatic rings. The van der Waals surface area contributed by atoms with Crippen molar-refractivity contribution in [3.05, 3.63) is 58.9 Å². The van der Waals surface area contributed by atoms with Gasteiger partial charge in [-0.25, -0.2) is 4.39 Å². The summed E-state index contributed by atoms with van der Waals surface area (Å²) in [6, 6.07) is 10.8. The highest BCUT2D eigenvalue weighted by Gasteiger charge is 2.06. The normalized spacial score (nSPS) is 10.2. The Hall–Kier alpha value is -2.07. The molecule has 0 bridgehead atoms. The number of nitrogens with two attached hydrogens (primary N) is 1. The first-order valence-electron chi connectivity index (χ1n) is 5.64. The Bertz CT molecular complexity index is 616. The van der Waals surface area contributed by atoms with Crippen LogP contribution < -0.4 is 11.1 Å². The second kappa shape index (κ2) is 5.71. The molecule has 0 atom stereocenters. The van der Waals surface area contributed by atoms with Crippen LogP contribution >= 0.6 is 11.6 Å².